The van der Waals surface area contributed by atoms with E-state index in [1.807, 2.05) is 50.2 Å². The Morgan fingerprint density at radius 3 is 1.86 bits per heavy atom. The first-order chi connectivity index (χ1) is 14.0. The van der Waals surface area contributed by atoms with E-state index in [1.54, 1.807) is 0 Å². The smallest absolute Gasteiger partial charge is 0.317 e. The first kappa shape index (κ1) is 19.7. The van der Waals surface area contributed by atoms with Crippen molar-refractivity contribution in [2.75, 3.05) is 0 Å². The molecule has 0 aliphatic carbocycles. The summed E-state index contributed by atoms with van der Waals surface area (Å²) in [6.45, 7) is 3.92. The van der Waals surface area contributed by atoms with Gasteiger partial charge >= 0.3 is 5.97 Å². The maximum Gasteiger partial charge on any atom is 0.317 e. The Morgan fingerprint density at radius 1 is 0.828 bits per heavy atom. The van der Waals surface area contributed by atoms with E-state index in [-0.39, 0.29) is 11.9 Å². The Morgan fingerprint density at radius 2 is 1.34 bits per heavy atom. The summed E-state index contributed by atoms with van der Waals surface area (Å²) in [5.74, 6) is 0.516. The molecule has 0 atom stereocenters. The summed E-state index contributed by atoms with van der Waals surface area (Å²) >= 11 is 3.49. The Hall–Kier alpha value is -2.65. The van der Waals surface area contributed by atoms with Crippen molar-refractivity contribution < 1.29 is 9.53 Å². The highest BCUT2D eigenvalue weighted by Crippen LogP contribution is 2.46. The van der Waals surface area contributed by atoms with Crippen LogP contribution in [0.2, 0.25) is 0 Å². The predicted octanol–water partition coefficient (Wildman–Crippen LogP) is 6.97. The molecular weight excluding hydrogens is 424 g/mol. The average Bonchev–Trinajstić information content (AvgIpc) is 2.73. The van der Waals surface area contributed by atoms with Crippen LogP contribution in [0.15, 0.2) is 95.0 Å². The van der Waals surface area contributed by atoms with E-state index in [0.29, 0.717) is 12.2 Å². The van der Waals surface area contributed by atoms with Gasteiger partial charge in [-0.05, 0) is 49.1 Å². The fourth-order valence-electron chi connectivity index (χ4n) is 3.89. The number of ether oxygens (including phenoxy) is 1. The summed E-state index contributed by atoms with van der Waals surface area (Å²) < 4.78 is 6.98. The monoisotopic (exact) mass is 446 g/mol. The van der Waals surface area contributed by atoms with Crippen LogP contribution < -0.4 is 0 Å². The van der Waals surface area contributed by atoms with Gasteiger partial charge in [-0.15, -0.1) is 0 Å². The minimum atomic E-state index is -0.573. The Balaban J connectivity index is 1.96. The third-order valence-corrected chi connectivity index (χ3v) is 5.92. The van der Waals surface area contributed by atoms with Gasteiger partial charge in [0.15, 0.2) is 0 Å². The van der Waals surface area contributed by atoms with E-state index in [0.717, 1.165) is 15.6 Å². The normalized spacial score (nSPS) is 16.1. The highest BCUT2D eigenvalue weighted by atomic mass is 79.9. The molecule has 2 nitrogen and oxygen atoms in total. The lowest BCUT2D eigenvalue weighted by atomic mass is 9.74. The van der Waals surface area contributed by atoms with E-state index in [2.05, 4.69) is 64.5 Å². The van der Waals surface area contributed by atoms with Crippen molar-refractivity contribution in [2.45, 2.75) is 26.2 Å². The van der Waals surface area contributed by atoms with Gasteiger partial charge in [-0.3, -0.25) is 4.79 Å². The van der Waals surface area contributed by atoms with Gasteiger partial charge in [0.05, 0.1) is 5.41 Å². The molecule has 1 aliphatic heterocycles. The summed E-state index contributed by atoms with van der Waals surface area (Å²) in [6, 6.07) is 28.8. The molecule has 0 radical (unpaired) electrons. The van der Waals surface area contributed by atoms with E-state index < -0.39 is 5.41 Å². The van der Waals surface area contributed by atoms with E-state index in [1.165, 1.54) is 11.1 Å². The minimum absolute atomic E-state index is 0.0171. The number of hydrogen-bond acceptors (Lipinski definition) is 2. The summed E-state index contributed by atoms with van der Waals surface area (Å²) in [6.07, 6.45) is 0.645. The molecule has 3 aromatic carbocycles. The first-order valence-corrected chi connectivity index (χ1v) is 10.6. The molecule has 0 saturated carbocycles. The first-order valence-electron chi connectivity index (χ1n) is 9.77. The van der Waals surface area contributed by atoms with Gasteiger partial charge in [0.25, 0.3) is 0 Å². The van der Waals surface area contributed by atoms with Gasteiger partial charge in [0, 0.05) is 16.0 Å². The van der Waals surface area contributed by atoms with Gasteiger partial charge in [0.1, 0.15) is 5.76 Å². The number of allylic oxidation sites excluding steroid dienone is 1. The molecule has 4 rings (SSSR count). The molecule has 0 bridgehead atoms. The molecule has 1 heterocycles. The lowest BCUT2D eigenvalue weighted by molar-refractivity contribution is -0.147. The third-order valence-electron chi connectivity index (χ3n) is 5.39. The van der Waals surface area contributed by atoms with Gasteiger partial charge < -0.3 is 4.74 Å². The molecule has 0 unspecified atom stereocenters. The molecule has 0 N–H and O–H groups in total. The fourth-order valence-corrected chi connectivity index (χ4v) is 4.15. The quantitative estimate of drug-likeness (QED) is 0.404. The maximum absolute atomic E-state index is 12.7. The largest absolute Gasteiger partial charge is 0.425 e. The summed E-state index contributed by atoms with van der Waals surface area (Å²) in [7, 11) is 0. The molecule has 29 heavy (non-hydrogen) atoms. The zero-order valence-corrected chi connectivity index (χ0v) is 18.1. The molecule has 0 fully saturated rings. The van der Waals surface area contributed by atoms with Crippen LogP contribution in [-0.2, 0) is 9.53 Å². The van der Waals surface area contributed by atoms with Gasteiger partial charge in [-0.25, -0.2) is 0 Å². The second-order valence-electron chi connectivity index (χ2n) is 8.07. The number of benzene rings is 3. The Kier molecular flexibility index (Phi) is 5.42. The minimum Gasteiger partial charge on any atom is -0.425 e. The average molecular weight is 447 g/mol. The fraction of sp³-hybridized carbons (Fsp3) is 0.192. The molecular formula is C26H23BrO2. The molecule has 146 valence electrons. The zero-order chi connectivity index (χ0) is 20.4. The van der Waals surface area contributed by atoms with Gasteiger partial charge in [0.2, 0.25) is 0 Å². The highest BCUT2D eigenvalue weighted by molar-refractivity contribution is 9.10. The number of hydrogen-bond donors (Lipinski definition) is 0. The number of halogens is 1. The van der Waals surface area contributed by atoms with Crippen molar-refractivity contribution in [1.29, 1.82) is 0 Å². The lowest BCUT2D eigenvalue weighted by Gasteiger charge is -2.35. The molecule has 1 aliphatic rings. The van der Waals surface area contributed by atoms with Crippen LogP contribution in [0.25, 0.3) is 5.76 Å². The summed E-state index contributed by atoms with van der Waals surface area (Å²) in [5.41, 5.74) is 3.86. The number of esters is 1. The second-order valence-corrected chi connectivity index (χ2v) is 8.98. The molecule has 3 aromatic rings. The van der Waals surface area contributed by atoms with Crippen molar-refractivity contribution in [3.63, 3.8) is 0 Å². The van der Waals surface area contributed by atoms with Crippen LogP contribution in [0.5, 0.6) is 0 Å². The van der Waals surface area contributed by atoms with Crippen LogP contribution in [-0.4, -0.2) is 5.97 Å². The van der Waals surface area contributed by atoms with Crippen molar-refractivity contribution in [1.82, 2.24) is 0 Å². The van der Waals surface area contributed by atoms with Crippen molar-refractivity contribution in [3.05, 3.63) is 112 Å². The zero-order valence-electron chi connectivity index (χ0n) is 16.6. The van der Waals surface area contributed by atoms with E-state index in [9.17, 15) is 4.79 Å². The maximum atomic E-state index is 12.7. The molecule has 0 spiro atoms. The van der Waals surface area contributed by atoms with Crippen molar-refractivity contribution in [2.24, 2.45) is 5.41 Å². The number of rotatable bonds is 4. The molecule has 0 saturated heterocycles. The summed E-state index contributed by atoms with van der Waals surface area (Å²) in [5, 5.41) is 0. The lowest BCUT2D eigenvalue weighted by Crippen LogP contribution is -2.33. The Labute approximate surface area is 180 Å². The highest BCUT2D eigenvalue weighted by Gasteiger charge is 2.40. The SMILES string of the molecule is CC1(C)CC(C(c2ccccc2)c2ccccc2)=C(c2ccc(Br)cc2)OC1=O. The van der Waals surface area contributed by atoms with Gasteiger partial charge in [-0.1, -0.05) is 88.7 Å². The van der Waals surface area contributed by atoms with Crippen LogP contribution in [0.1, 0.15) is 42.9 Å². The van der Waals surface area contributed by atoms with Crippen molar-refractivity contribution in [3.8, 4) is 0 Å². The van der Waals surface area contributed by atoms with Crippen LogP contribution >= 0.6 is 15.9 Å². The van der Waals surface area contributed by atoms with Crippen LogP contribution in [0.4, 0.5) is 0 Å². The van der Waals surface area contributed by atoms with Gasteiger partial charge in [-0.2, -0.15) is 0 Å². The number of carbonyl (C=O) groups excluding carboxylic acids is 1. The van der Waals surface area contributed by atoms with Crippen LogP contribution in [0, 0.1) is 5.41 Å². The van der Waals surface area contributed by atoms with Crippen LogP contribution in [0.3, 0.4) is 0 Å². The molecule has 0 amide bonds. The van der Waals surface area contributed by atoms with E-state index >= 15 is 0 Å². The standard InChI is InChI=1S/C26H23BrO2/c1-26(2)17-22(24(29-25(26)28)20-13-15-21(27)16-14-20)23(18-9-5-3-6-10-18)19-11-7-4-8-12-19/h3-16,23H,17H2,1-2H3. The number of carbonyl (C=O) groups is 1. The molecule has 0 aromatic heterocycles. The summed E-state index contributed by atoms with van der Waals surface area (Å²) in [4.78, 5) is 12.7. The topological polar surface area (TPSA) is 26.3 Å². The second kappa shape index (κ2) is 8.00. The predicted molar refractivity (Wildman–Crippen MR) is 120 cm³/mol. The van der Waals surface area contributed by atoms with E-state index in [4.69, 9.17) is 4.74 Å². The third kappa shape index (κ3) is 4.06. The Bertz CT molecular complexity index is 996. The number of cyclic esters (lactones) is 1. The molecule has 3 heteroatoms. The van der Waals surface area contributed by atoms with Crippen molar-refractivity contribution >= 4 is 27.7 Å².